The highest BCUT2D eigenvalue weighted by atomic mass is 19.1. The molecule has 20 heavy (non-hydrogen) atoms. The first kappa shape index (κ1) is 14.0. The quantitative estimate of drug-likeness (QED) is 0.840. The van der Waals surface area contributed by atoms with E-state index >= 15 is 0 Å². The lowest BCUT2D eigenvalue weighted by atomic mass is 10.2. The van der Waals surface area contributed by atoms with Crippen LogP contribution in [0.3, 0.4) is 0 Å². The standard InChI is InChI=1S/C16H14FNO2/c17-14-7-3-1-5-12(14)9-10-16(20)18-15-8-4-2-6-13(15)11-19/h1-10,19H,11H2,(H,18,20). The maximum atomic E-state index is 13.4. The summed E-state index contributed by atoms with van der Waals surface area (Å²) < 4.78 is 13.4. The average molecular weight is 271 g/mol. The van der Waals surface area contributed by atoms with Crippen LogP contribution in [0.4, 0.5) is 10.1 Å². The number of anilines is 1. The van der Waals surface area contributed by atoms with Crippen LogP contribution < -0.4 is 5.32 Å². The summed E-state index contributed by atoms with van der Waals surface area (Å²) in [6.07, 6.45) is 2.67. The number of nitrogens with one attached hydrogen (secondary N) is 1. The van der Waals surface area contributed by atoms with Crippen molar-refractivity contribution in [2.45, 2.75) is 6.61 Å². The molecule has 1 amide bonds. The number of carbonyl (C=O) groups is 1. The second-order valence-corrected chi connectivity index (χ2v) is 4.16. The van der Waals surface area contributed by atoms with Gasteiger partial charge >= 0.3 is 0 Å². The van der Waals surface area contributed by atoms with Gasteiger partial charge in [0.2, 0.25) is 5.91 Å². The molecule has 4 heteroatoms. The largest absolute Gasteiger partial charge is 0.392 e. The topological polar surface area (TPSA) is 49.3 Å². The Hall–Kier alpha value is -2.46. The Morgan fingerprint density at radius 3 is 2.60 bits per heavy atom. The predicted octanol–water partition coefficient (Wildman–Crippen LogP) is 2.97. The van der Waals surface area contributed by atoms with Crippen LogP contribution in [0, 0.1) is 5.82 Å². The Balaban J connectivity index is 2.08. The summed E-state index contributed by atoms with van der Waals surface area (Å²) in [4.78, 5) is 11.8. The number of hydrogen-bond donors (Lipinski definition) is 2. The first-order valence-corrected chi connectivity index (χ1v) is 6.13. The van der Waals surface area contributed by atoms with Gasteiger partial charge in [0.15, 0.2) is 0 Å². The van der Waals surface area contributed by atoms with Crippen LogP contribution in [-0.2, 0) is 11.4 Å². The highest BCUT2D eigenvalue weighted by Gasteiger charge is 2.03. The van der Waals surface area contributed by atoms with Gasteiger partial charge in [-0.3, -0.25) is 4.79 Å². The highest BCUT2D eigenvalue weighted by molar-refractivity contribution is 6.02. The number of amides is 1. The zero-order valence-electron chi connectivity index (χ0n) is 10.7. The molecule has 0 unspecified atom stereocenters. The van der Waals surface area contributed by atoms with E-state index in [1.165, 1.54) is 18.2 Å². The van der Waals surface area contributed by atoms with Crippen LogP contribution in [0.1, 0.15) is 11.1 Å². The second-order valence-electron chi connectivity index (χ2n) is 4.16. The zero-order valence-corrected chi connectivity index (χ0v) is 10.7. The van der Waals surface area contributed by atoms with E-state index in [0.717, 1.165) is 0 Å². The van der Waals surface area contributed by atoms with E-state index in [2.05, 4.69) is 5.32 Å². The summed E-state index contributed by atoms with van der Waals surface area (Å²) in [6, 6.07) is 13.1. The van der Waals surface area contributed by atoms with Gasteiger partial charge in [0.05, 0.1) is 6.61 Å². The maximum Gasteiger partial charge on any atom is 0.248 e. The van der Waals surface area contributed by atoms with E-state index in [4.69, 9.17) is 5.11 Å². The number of benzene rings is 2. The lowest BCUT2D eigenvalue weighted by Crippen LogP contribution is -2.09. The van der Waals surface area contributed by atoms with E-state index < -0.39 is 0 Å². The van der Waals surface area contributed by atoms with Crippen LogP contribution in [0.5, 0.6) is 0 Å². The van der Waals surface area contributed by atoms with Gasteiger partial charge in [-0.1, -0.05) is 36.4 Å². The molecule has 2 aromatic carbocycles. The molecule has 0 aliphatic carbocycles. The average Bonchev–Trinajstić information content (AvgIpc) is 2.47. The molecule has 2 rings (SSSR count). The van der Waals surface area contributed by atoms with Crippen molar-refractivity contribution in [2.75, 3.05) is 5.32 Å². The third-order valence-electron chi connectivity index (χ3n) is 2.77. The van der Waals surface area contributed by atoms with E-state index in [-0.39, 0.29) is 18.3 Å². The minimum atomic E-state index is -0.382. The van der Waals surface area contributed by atoms with Crippen molar-refractivity contribution in [1.29, 1.82) is 0 Å². The predicted molar refractivity (Wildman–Crippen MR) is 76.4 cm³/mol. The number of aliphatic hydroxyl groups excluding tert-OH is 1. The molecule has 0 heterocycles. The molecule has 0 saturated heterocycles. The minimum Gasteiger partial charge on any atom is -0.392 e. The molecule has 0 aliphatic heterocycles. The van der Waals surface area contributed by atoms with Crippen LogP contribution in [0.2, 0.25) is 0 Å². The smallest absolute Gasteiger partial charge is 0.248 e. The van der Waals surface area contributed by atoms with Crippen molar-refractivity contribution >= 4 is 17.7 Å². The molecule has 0 fully saturated rings. The molecular weight excluding hydrogens is 257 g/mol. The summed E-state index contributed by atoms with van der Waals surface area (Å²) in [5.41, 5.74) is 1.51. The Bertz CT molecular complexity index is 638. The van der Waals surface area contributed by atoms with Crippen molar-refractivity contribution in [1.82, 2.24) is 0 Å². The number of hydrogen-bond acceptors (Lipinski definition) is 2. The van der Waals surface area contributed by atoms with Gasteiger partial charge in [-0.25, -0.2) is 4.39 Å². The third kappa shape index (κ3) is 3.52. The summed E-state index contributed by atoms with van der Waals surface area (Å²) in [6.45, 7) is -0.159. The molecule has 0 aromatic heterocycles. The van der Waals surface area contributed by atoms with Gasteiger partial charge in [0, 0.05) is 22.9 Å². The summed E-state index contributed by atoms with van der Waals surface area (Å²) in [5, 5.41) is 11.8. The molecule has 0 saturated carbocycles. The summed E-state index contributed by atoms with van der Waals surface area (Å²) in [5.74, 6) is -0.763. The highest BCUT2D eigenvalue weighted by Crippen LogP contribution is 2.15. The molecule has 0 bridgehead atoms. The molecule has 102 valence electrons. The fourth-order valence-corrected chi connectivity index (χ4v) is 1.73. The van der Waals surface area contributed by atoms with Crippen LogP contribution in [0.25, 0.3) is 6.08 Å². The molecule has 0 aliphatic rings. The fourth-order valence-electron chi connectivity index (χ4n) is 1.73. The molecule has 2 N–H and O–H groups in total. The molecule has 2 aromatic rings. The van der Waals surface area contributed by atoms with Gasteiger partial charge in [0.1, 0.15) is 5.82 Å². The lowest BCUT2D eigenvalue weighted by molar-refractivity contribution is -0.111. The number of rotatable bonds is 4. The van der Waals surface area contributed by atoms with Gasteiger partial charge in [-0.15, -0.1) is 0 Å². The summed E-state index contributed by atoms with van der Waals surface area (Å²) >= 11 is 0. The molecule has 0 atom stereocenters. The van der Waals surface area contributed by atoms with Crippen molar-refractivity contribution in [2.24, 2.45) is 0 Å². The van der Waals surface area contributed by atoms with Crippen LogP contribution in [-0.4, -0.2) is 11.0 Å². The minimum absolute atomic E-state index is 0.159. The normalized spacial score (nSPS) is 10.7. The maximum absolute atomic E-state index is 13.4. The first-order valence-electron chi connectivity index (χ1n) is 6.13. The van der Waals surface area contributed by atoms with E-state index in [0.29, 0.717) is 16.8 Å². The zero-order chi connectivity index (χ0) is 14.4. The van der Waals surface area contributed by atoms with E-state index in [9.17, 15) is 9.18 Å². The Morgan fingerprint density at radius 1 is 1.15 bits per heavy atom. The fraction of sp³-hybridized carbons (Fsp3) is 0.0625. The van der Waals surface area contributed by atoms with Gasteiger partial charge in [-0.2, -0.15) is 0 Å². The number of aliphatic hydroxyl groups is 1. The van der Waals surface area contributed by atoms with E-state index in [1.54, 1.807) is 42.5 Å². The Morgan fingerprint density at radius 2 is 1.85 bits per heavy atom. The monoisotopic (exact) mass is 271 g/mol. The van der Waals surface area contributed by atoms with Gasteiger partial charge in [-0.05, 0) is 18.2 Å². The van der Waals surface area contributed by atoms with E-state index in [1.807, 2.05) is 0 Å². The number of halogens is 1. The Labute approximate surface area is 116 Å². The van der Waals surface area contributed by atoms with Crippen molar-refractivity contribution in [3.63, 3.8) is 0 Å². The van der Waals surface area contributed by atoms with Gasteiger partial charge < -0.3 is 10.4 Å². The first-order chi connectivity index (χ1) is 9.70. The van der Waals surface area contributed by atoms with Crippen molar-refractivity contribution in [3.05, 3.63) is 71.6 Å². The lowest BCUT2D eigenvalue weighted by Gasteiger charge is -2.07. The third-order valence-corrected chi connectivity index (χ3v) is 2.77. The van der Waals surface area contributed by atoms with Crippen LogP contribution in [0.15, 0.2) is 54.6 Å². The number of para-hydroxylation sites is 1. The summed E-state index contributed by atoms with van der Waals surface area (Å²) in [7, 11) is 0. The van der Waals surface area contributed by atoms with Gasteiger partial charge in [0.25, 0.3) is 0 Å². The molecule has 0 spiro atoms. The molecule has 3 nitrogen and oxygen atoms in total. The van der Waals surface area contributed by atoms with Crippen LogP contribution >= 0.6 is 0 Å². The molecule has 0 radical (unpaired) electrons. The second kappa shape index (κ2) is 6.63. The SMILES string of the molecule is O=C(C=Cc1ccccc1F)Nc1ccccc1CO. The van der Waals surface area contributed by atoms with Crippen molar-refractivity contribution < 1.29 is 14.3 Å². The number of carbonyl (C=O) groups excluding carboxylic acids is 1. The Kier molecular flexibility index (Phi) is 4.63. The van der Waals surface area contributed by atoms with Crippen molar-refractivity contribution in [3.8, 4) is 0 Å². The molecular formula is C16H14FNO2.